The van der Waals surface area contributed by atoms with E-state index in [-0.39, 0.29) is 30.4 Å². The number of carbonyl (C=O) groups excluding carboxylic acids is 2. The van der Waals surface area contributed by atoms with E-state index in [1.807, 2.05) is 59.3 Å². The van der Waals surface area contributed by atoms with Crippen molar-refractivity contribution < 1.29 is 19.1 Å². The van der Waals surface area contributed by atoms with Crippen molar-refractivity contribution in [1.29, 1.82) is 0 Å². The molecule has 1 aliphatic rings. The number of benzene rings is 2. The van der Waals surface area contributed by atoms with Gasteiger partial charge >= 0.3 is 0 Å². The number of likely N-dealkylation sites (N-methyl/N-ethyl adjacent to an activating group) is 1. The number of ether oxygens (including phenoxy) is 2. The Morgan fingerprint density at radius 2 is 1.64 bits per heavy atom. The number of likely N-dealkylation sites (tertiary alicyclic amines) is 1. The summed E-state index contributed by atoms with van der Waals surface area (Å²) in [5.74, 6) is 1.30. The van der Waals surface area contributed by atoms with Gasteiger partial charge in [-0.25, -0.2) is 0 Å². The molecular formula is C29H33N3O4. The van der Waals surface area contributed by atoms with Crippen molar-refractivity contribution in [2.75, 3.05) is 33.9 Å². The van der Waals surface area contributed by atoms with Gasteiger partial charge in [-0.05, 0) is 55.0 Å². The van der Waals surface area contributed by atoms with E-state index in [1.165, 1.54) is 5.56 Å². The predicted molar refractivity (Wildman–Crippen MR) is 138 cm³/mol. The van der Waals surface area contributed by atoms with E-state index in [0.717, 1.165) is 19.3 Å². The van der Waals surface area contributed by atoms with Crippen molar-refractivity contribution >= 4 is 11.8 Å². The van der Waals surface area contributed by atoms with Crippen LogP contribution < -0.4 is 9.47 Å². The molecule has 1 saturated heterocycles. The fraction of sp³-hybridized carbons (Fsp3) is 0.345. The topological polar surface area (TPSA) is 72.0 Å². The van der Waals surface area contributed by atoms with Crippen molar-refractivity contribution in [3.8, 4) is 11.5 Å². The Balaban J connectivity index is 1.40. The SMILES string of the molecule is COc1ccccc1OCC(=O)N1CCC([C@@H](Cc2ccccc2)N(C)C(=O)c2ccccn2)CC1. The van der Waals surface area contributed by atoms with Crippen molar-refractivity contribution in [3.63, 3.8) is 0 Å². The third-order valence-electron chi connectivity index (χ3n) is 6.85. The summed E-state index contributed by atoms with van der Waals surface area (Å²) in [6.07, 6.45) is 4.03. The van der Waals surface area contributed by atoms with Gasteiger partial charge in [-0.3, -0.25) is 14.6 Å². The van der Waals surface area contributed by atoms with Gasteiger partial charge in [-0.2, -0.15) is 0 Å². The summed E-state index contributed by atoms with van der Waals surface area (Å²) in [5, 5.41) is 0. The number of aromatic nitrogens is 1. The highest BCUT2D eigenvalue weighted by atomic mass is 16.5. The Hall–Kier alpha value is -3.87. The van der Waals surface area contributed by atoms with Gasteiger partial charge in [0.1, 0.15) is 5.69 Å². The molecule has 1 fully saturated rings. The number of rotatable bonds is 9. The van der Waals surface area contributed by atoms with Gasteiger partial charge in [0, 0.05) is 32.4 Å². The number of piperidine rings is 1. The number of carbonyl (C=O) groups is 2. The molecule has 2 amide bonds. The highest BCUT2D eigenvalue weighted by molar-refractivity contribution is 5.92. The maximum atomic E-state index is 13.2. The molecule has 1 aliphatic heterocycles. The molecule has 0 aliphatic carbocycles. The molecule has 0 spiro atoms. The van der Waals surface area contributed by atoms with Crippen LogP contribution in [-0.2, 0) is 11.2 Å². The summed E-state index contributed by atoms with van der Waals surface area (Å²) in [6.45, 7) is 1.24. The number of amides is 2. The predicted octanol–water partition coefficient (Wildman–Crippen LogP) is 4.09. The number of methoxy groups -OCH3 is 1. The van der Waals surface area contributed by atoms with Crippen LogP contribution in [0.2, 0.25) is 0 Å². The third kappa shape index (κ3) is 6.22. The lowest BCUT2D eigenvalue weighted by Crippen LogP contribution is -2.49. The average Bonchev–Trinajstić information content (AvgIpc) is 2.95. The zero-order chi connectivity index (χ0) is 25.3. The first kappa shape index (κ1) is 25.2. The summed E-state index contributed by atoms with van der Waals surface area (Å²) in [4.78, 5) is 34.0. The fourth-order valence-corrected chi connectivity index (χ4v) is 4.80. The van der Waals surface area contributed by atoms with Crippen LogP contribution in [0.3, 0.4) is 0 Å². The van der Waals surface area contributed by atoms with E-state index >= 15 is 0 Å². The molecule has 188 valence electrons. The van der Waals surface area contributed by atoms with Crippen molar-refractivity contribution in [3.05, 3.63) is 90.3 Å². The number of pyridine rings is 1. The van der Waals surface area contributed by atoms with Gasteiger partial charge in [0.25, 0.3) is 11.8 Å². The van der Waals surface area contributed by atoms with Gasteiger partial charge in [-0.15, -0.1) is 0 Å². The summed E-state index contributed by atoms with van der Waals surface area (Å²) < 4.78 is 11.0. The molecular weight excluding hydrogens is 454 g/mol. The molecule has 0 N–H and O–H groups in total. The smallest absolute Gasteiger partial charge is 0.272 e. The van der Waals surface area contributed by atoms with Crippen molar-refractivity contribution in [1.82, 2.24) is 14.8 Å². The van der Waals surface area contributed by atoms with Crippen LogP contribution in [0.1, 0.15) is 28.9 Å². The molecule has 2 heterocycles. The van der Waals surface area contributed by atoms with Gasteiger partial charge in [-0.1, -0.05) is 48.5 Å². The zero-order valence-corrected chi connectivity index (χ0v) is 20.9. The molecule has 36 heavy (non-hydrogen) atoms. The molecule has 0 radical (unpaired) electrons. The van der Waals surface area contributed by atoms with Gasteiger partial charge < -0.3 is 19.3 Å². The Morgan fingerprint density at radius 3 is 2.31 bits per heavy atom. The molecule has 3 aromatic rings. The summed E-state index contributed by atoms with van der Waals surface area (Å²) in [7, 11) is 3.44. The van der Waals surface area contributed by atoms with Crippen molar-refractivity contribution in [2.45, 2.75) is 25.3 Å². The van der Waals surface area contributed by atoms with Crippen LogP contribution in [0.4, 0.5) is 0 Å². The molecule has 0 bridgehead atoms. The van der Waals surface area contributed by atoms with E-state index in [9.17, 15) is 9.59 Å². The van der Waals surface area contributed by atoms with Crippen LogP contribution >= 0.6 is 0 Å². The fourth-order valence-electron chi connectivity index (χ4n) is 4.80. The second-order valence-electron chi connectivity index (χ2n) is 9.05. The molecule has 1 aromatic heterocycles. The highest BCUT2D eigenvalue weighted by Crippen LogP contribution is 2.28. The average molecular weight is 488 g/mol. The van der Waals surface area contributed by atoms with Gasteiger partial charge in [0.2, 0.25) is 0 Å². The Kier molecular flexibility index (Phi) is 8.55. The minimum atomic E-state index is -0.0831. The van der Waals surface area contributed by atoms with E-state index in [4.69, 9.17) is 9.47 Å². The minimum absolute atomic E-state index is 0.00369. The van der Waals surface area contributed by atoms with Crippen LogP contribution in [-0.4, -0.2) is 66.5 Å². The highest BCUT2D eigenvalue weighted by Gasteiger charge is 2.33. The molecule has 4 rings (SSSR count). The van der Waals surface area contributed by atoms with Gasteiger partial charge in [0.15, 0.2) is 18.1 Å². The molecule has 7 nitrogen and oxygen atoms in total. The maximum Gasteiger partial charge on any atom is 0.272 e. The first-order valence-electron chi connectivity index (χ1n) is 12.3. The molecule has 7 heteroatoms. The number of hydrogen-bond acceptors (Lipinski definition) is 5. The monoisotopic (exact) mass is 487 g/mol. The minimum Gasteiger partial charge on any atom is -0.493 e. The number of hydrogen-bond donors (Lipinski definition) is 0. The lowest BCUT2D eigenvalue weighted by molar-refractivity contribution is -0.135. The maximum absolute atomic E-state index is 13.2. The zero-order valence-electron chi connectivity index (χ0n) is 20.9. The summed E-state index contributed by atoms with van der Waals surface area (Å²) >= 11 is 0. The van der Waals surface area contributed by atoms with Crippen LogP contribution in [0.25, 0.3) is 0 Å². The van der Waals surface area contributed by atoms with E-state index in [2.05, 4.69) is 17.1 Å². The molecule has 2 aromatic carbocycles. The van der Waals surface area contributed by atoms with Crippen LogP contribution in [0, 0.1) is 5.92 Å². The van der Waals surface area contributed by atoms with E-state index in [1.54, 1.807) is 31.5 Å². The Bertz CT molecular complexity index is 1130. The summed E-state index contributed by atoms with van der Waals surface area (Å²) in [5.41, 5.74) is 1.63. The normalized spacial score (nSPS) is 14.7. The van der Waals surface area contributed by atoms with E-state index in [0.29, 0.717) is 30.3 Å². The number of para-hydroxylation sites is 2. The quantitative estimate of drug-likeness (QED) is 0.455. The van der Waals surface area contributed by atoms with Gasteiger partial charge in [0.05, 0.1) is 7.11 Å². The van der Waals surface area contributed by atoms with Crippen molar-refractivity contribution in [2.24, 2.45) is 5.92 Å². The second-order valence-corrected chi connectivity index (χ2v) is 9.05. The molecule has 0 unspecified atom stereocenters. The largest absolute Gasteiger partial charge is 0.493 e. The van der Waals surface area contributed by atoms with Crippen LogP contribution in [0.15, 0.2) is 79.0 Å². The Labute approximate surface area is 212 Å². The first-order chi connectivity index (χ1) is 17.6. The first-order valence-corrected chi connectivity index (χ1v) is 12.3. The lowest BCUT2D eigenvalue weighted by atomic mass is 9.84. The third-order valence-corrected chi connectivity index (χ3v) is 6.85. The second kappa shape index (κ2) is 12.2. The summed E-state index contributed by atoms with van der Waals surface area (Å²) in [6, 6.07) is 22.9. The standard InChI is InChI=1S/C29H33N3O4/c1-31(29(34)24-12-8-9-17-30-24)25(20-22-10-4-3-5-11-22)23-15-18-32(19-16-23)28(33)21-36-27-14-7-6-13-26(27)35-2/h3-14,17,23,25H,15-16,18-21H2,1-2H3/t25-/m1/s1. The molecule has 0 saturated carbocycles. The number of nitrogens with zero attached hydrogens (tertiary/aromatic N) is 3. The lowest BCUT2D eigenvalue weighted by Gasteiger charge is -2.40. The van der Waals surface area contributed by atoms with E-state index < -0.39 is 0 Å². The Morgan fingerprint density at radius 1 is 0.972 bits per heavy atom. The van der Waals surface area contributed by atoms with Crippen LogP contribution in [0.5, 0.6) is 11.5 Å². The molecule has 1 atom stereocenters.